The molecule has 1 fully saturated rings. The minimum absolute atomic E-state index is 0.0138. The topological polar surface area (TPSA) is 345 Å². The monoisotopic (exact) mass is 1240 g/mol. The molecule has 26 nitrogen and oxygen atoms in total. The van der Waals surface area contributed by atoms with Gasteiger partial charge >= 0.3 is 28.5 Å². The summed E-state index contributed by atoms with van der Waals surface area (Å²) in [5.74, 6) is 1.36. The summed E-state index contributed by atoms with van der Waals surface area (Å²) in [5, 5.41) is 18.7. The Morgan fingerprint density at radius 1 is 0.917 bits per heavy atom. The zero-order valence-electron chi connectivity index (χ0n) is 48.0. The van der Waals surface area contributed by atoms with E-state index >= 15 is 0 Å². The average Bonchev–Trinajstić information content (AvgIpc) is 1.04. The third-order valence-corrected chi connectivity index (χ3v) is 20.2. The van der Waals surface area contributed by atoms with Gasteiger partial charge in [-0.05, 0) is 107 Å². The number of alkyl carbamates (subject to hydrolysis) is 1. The van der Waals surface area contributed by atoms with Crippen LogP contribution in [0, 0.1) is 0 Å². The number of rotatable bonds is 20. The summed E-state index contributed by atoms with van der Waals surface area (Å²) in [4.78, 5) is 95.7. The van der Waals surface area contributed by atoms with Gasteiger partial charge in [-0.3, -0.25) is 18.7 Å². The second-order valence-electron chi connectivity index (χ2n) is 22.7. The number of anilines is 2. The van der Waals surface area contributed by atoms with Gasteiger partial charge in [-0.1, -0.05) is 32.0 Å². The Kier molecular flexibility index (Phi) is 18.1. The summed E-state index contributed by atoms with van der Waals surface area (Å²) in [5.41, 5.74) is 12.7. The van der Waals surface area contributed by atoms with Gasteiger partial charge in [0.15, 0.2) is 29.3 Å². The van der Waals surface area contributed by atoms with Crippen LogP contribution in [0.3, 0.4) is 0 Å². The molecular formula is C54H72N10O16P3S+. The van der Waals surface area contributed by atoms with Crippen molar-refractivity contribution in [2.45, 2.75) is 129 Å². The van der Waals surface area contributed by atoms with Gasteiger partial charge in [0, 0.05) is 90.8 Å². The molecular weight excluding hydrogens is 1170 g/mol. The maximum absolute atomic E-state index is 14.7. The number of carbonyl (C=O) groups excluding carboxylic acids is 3. The molecule has 5 aromatic rings. The van der Waals surface area contributed by atoms with Crippen molar-refractivity contribution in [3.63, 3.8) is 0 Å². The van der Waals surface area contributed by atoms with E-state index in [1.807, 2.05) is 24.3 Å². The van der Waals surface area contributed by atoms with E-state index in [4.69, 9.17) is 24.5 Å². The largest absolute Gasteiger partial charge is 0.488 e. The van der Waals surface area contributed by atoms with Crippen molar-refractivity contribution in [3.05, 3.63) is 99.6 Å². The molecule has 1 saturated heterocycles. The Hall–Kier alpha value is -5.76. The van der Waals surface area contributed by atoms with Gasteiger partial charge in [0.05, 0.1) is 19.0 Å². The minimum Gasteiger partial charge on any atom is -0.456 e. The molecule has 4 unspecified atom stereocenters. The van der Waals surface area contributed by atoms with E-state index in [2.05, 4.69) is 135 Å². The minimum atomic E-state index is -5.69. The van der Waals surface area contributed by atoms with Gasteiger partial charge in [-0.15, -0.1) is 0 Å². The molecule has 0 aliphatic carbocycles. The maximum Gasteiger partial charge on any atom is 0.488 e. The third-order valence-electron chi connectivity index (χ3n) is 15.8. The van der Waals surface area contributed by atoms with Crippen LogP contribution < -0.4 is 41.2 Å². The lowest BCUT2D eigenvalue weighted by Gasteiger charge is -2.47. The molecule has 0 spiro atoms. The number of phosphoric acid groups is 2. The molecule has 3 amide bonds. The number of aliphatic hydroxyl groups excluding tert-OH is 1. The number of nitrogen functional groups attached to an aromatic ring is 1. The fourth-order valence-corrected chi connectivity index (χ4v) is 16.2. The Labute approximate surface area is 490 Å². The van der Waals surface area contributed by atoms with E-state index in [0.29, 0.717) is 12.0 Å². The molecule has 454 valence electrons. The molecule has 0 bridgehead atoms. The van der Waals surface area contributed by atoms with Crippen molar-refractivity contribution < 1.29 is 75.5 Å². The lowest BCUT2D eigenvalue weighted by Crippen LogP contribution is -2.52. The molecule has 84 heavy (non-hydrogen) atoms. The summed E-state index contributed by atoms with van der Waals surface area (Å²) in [6, 6.07) is 16.6. The van der Waals surface area contributed by atoms with Gasteiger partial charge < -0.3 is 65.1 Å². The van der Waals surface area contributed by atoms with Crippen LogP contribution in [0.15, 0.2) is 61.2 Å². The Morgan fingerprint density at radius 2 is 1.63 bits per heavy atom. The molecule has 9 N–H and O–H groups in total. The molecule has 9 rings (SSSR count). The number of amides is 3. The zero-order valence-corrected chi connectivity index (χ0v) is 51.5. The highest BCUT2D eigenvalue weighted by molar-refractivity contribution is 8.08. The summed E-state index contributed by atoms with van der Waals surface area (Å²) >= 11 is 4.12. The van der Waals surface area contributed by atoms with Crippen molar-refractivity contribution in [3.8, 4) is 11.5 Å². The molecule has 0 radical (unpaired) electrons. The van der Waals surface area contributed by atoms with Crippen molar-refractivity contribution in [1.29, 1.82) is 0 Å². The molecule has 30 heteroatoms. The van der Waals surface area contributed by atoms with E-state index < -0.39 is 59.6 Å². The molecule has 6 heterocycles. The number of aromatic nitrogens is 4. The number of hydrogen-bond acceptors (Lipinski definition) is 18. The van der Waals surface area contributed by atoms with Crippen LogP contribution in [0.2, 0.25) is 0 Å². The Bertz CT molecular complexity index is 3690. The highest BCUT2D eigenvalue weighted by Crippen LogP contribution is 2.66. The fourth-order valence-electron chi connectivity index (χ4n) is 12.4. The summed E-state index contributed by atoms with van der Waals surface area (Å²) in [7, 11) is -9.58. The summed E-state index contributed by atoms with van der Waals surface area (Å²) in [6.07, 6.45) is -3.05. The van der Waals surface area contributed by atoms with Gasteiger partial charge in [-0.25, -0.2) is 37.8 Å². The Balaban J connectivity index is 0.860. The number of phosphoric ester groups is 1. The molecule has 2 aromatic heterocycles. The highest BCUT2D eigenvalue weighted by Gasteiger charge is 2.50. The van der Waals surface area contributed by atoms with Crippen LogP contribution >= 0.6 is 22.4 Å². The average molecular weight is 1240 g/mol. The van der Waals surface area contributed by atoms with Crippen molar-refractivity contribution >= 4 is 80.3 Å². The van der Waals surface area contributed by atoms with E-state index in [9.17, 15) is 48.2 Å². The number of ether oxygens (including phenoxy) is 3. The number of nitrogens with two attached hydrogens (primary N) is 1. The number of imidazole rings is 1. The Morgan fingerprint density at radius 3 is 2.35 bits per heavy atom. The fraction of sp³-hybridized carbons (Fsp3) is 0.500. The maximum atomic E-state index is 14.7. The number of aliphatic hydroxyl groups is 1. The number of nitrogens with one attached hydrogen (secondary N) is 2. The van der Waals surface area contributed by atoms with Gasteiger partial charge in [0.25, 0.3) is 5.91 Å². The van der Waals surface area contributed by atoms with Crippen LogP contribution in [-0.2, 0) is 48.4 Å². The van der Waals surface area contributed by atoms with Crippen LogP contribution in [0.4, 0.5) is 16.3 Å². The quantitative estimate of drug-likeness (QED) is 0.0278. The third kappa shape index (κ3) is 13.1. The zero-order chi connectivity index (χ0) is 61.0. The lowest BCUT2D eigenvalue weighted by molar-refractivity contribution is -0.121. The molecule has 4 aliphatic rings. The second-order valence-corrected chi connectivity index (χ2v) is 28.5. The van der Waals surface area contributed by atoms with Gasteiger partial charge in [0.2, 0.25) is 11.3 Å². The smallest absolute Gasteiger partial charge is 0.456 e. The van der Waals surface area contributed by atoms with Gasteiger partial charge in [0.1, 0.15) is 42.1 Å². The number of carbonyl (C=O) groups is 3. The van der Waals surface area contributed by atoms with Crippen LogP contribution in [0.5, 0.6) is 11.5 Å². The van der Waals surface area contributed by atoms with E-state index in [1.54, 1.807) is 11.9 Å². The predicted octanol–water partition coefficient (Wildman–Crippen LogP) is 5.15. The summed E-state index contributed by atoms with van der Waals surface area (Å²) < 4.78 is 59.7. The van der Waals surface area contributed by atoms with Crippen molar-refractivity contribution in [2.75, 3.05) is 57.0 Å². The number of hydrogen-bond donors (Lipinski definition) is 8. The first-order valence-corrected chi connectivity index (χ1v) is 33.1. The SMILES string of the molecule is CCN1c2cc3c(cc2C(C)CC1(C)C)C(c1ccccc1C(=O)N(C)CCCC(=O)NCCNC(=O)O[C@H]1[C@@H](O)[C@H](n2cnc4c(N)ncnc42)O[C@@H]1COP(=O)(O)OP(=O)(O)OP(O)(O)=S)=c1cc2c(cc1O3)=[N+](CC)C(C)(C)CC2C. The highest BCUT2D eigenvalue weighted by atomic mass is 32.5. The molecule has 4 aliphatic heterocycles. The molecule has 0 saturated carbocycles. The lowest BCUT2D eigenvalue weighted by atomic mass is 9.77. The second kappa shape index (κ2) is 24.2. The number of fused-ring (bicyclic) bond motifs is 5. The normalized spacial score (nSPS) is 22.8. The van der Waals surface area contributed by atoms with E-state index in [1.165, 1.54) is 22.0 Å². The van der Waals surface area contributed by atoms with Gasteiger partial charge in [-0.2, -0.15) is 4.31 Å². The molecule has 8 atom stereocenters. The molecule has 3 aromatic carbocycles. The predicted molar refractivity (Wildman–Crippen MR) is 313 cm³/mol. The van der Waals surface area contributed by atoms with Crippen LogP contribution in [-0.4, -0.2) is 143 Å². The van der Waals surface area contributed by atoms with E-state index in [0.717, 1.165) is 76.7 Å². The first-order valence-electron chi connectivity index (χ1n) is 27.5. The van der Waals surface area contributed by atoms with E-state index in [-0.39, 0.29) is 77.8 Å². The van der Waals surface area contributed by atoms with Crippen LogP contribution in [0.1, 0.15) is 132 Å². The first kappa shape index (κ1) is 62.8. The van der Waals surface area contributed by atoms with Crippen LogP contribution in [0.25, 0.3) is 16.7 Å². The number of benzene rings is 3. The van der Waals surface area contributed by atoms with Crippen molar-refractivity contribution in [2.24, 2.45) is 0 Å². The summed E-state index contributed by atoms with van der Waals surface area (Å²) in [6.45, 7) is 13.8. The van der Waals surface area contributed by atoms with Crippen molar-refractivity contribution in [1.82, 2.24) is 39.6 Å². The number of nitrogens with zero attached hydrogens (tertiary/aromatic N) is 7. The first-order chi connectivity index (χ1) is 39.4. The standard InChI is InChI=1S/C54H71N10O16P3S/c1-10-63-38-23-40-36(21-34(38)30(3)25-53(63,5)6)44(37-22-35-31(4)26-54(7,8)64(11-2)39(35)24-41(37)76-40)32-15-12-13-16-33(32)50(67)61(9)20-14-17-43(65)56-18-19-57-52(68)78-47-42(27-75-81(69,70)79-82(71,72)80-83(73,74)84)77-51(46(47)66)62-29-60-45-48(55)58-28-59-49(45)62/h12-13,15-16,21-24,28-31,42,46-47,51,66H,10-11,14,17-20,25-27H2,1-9H3,(H7-,55,56,57,58,59,65,68,69,70,71,72,73,74,84)/p+1/t30?,31?,42-,46-,47-,51-/m1/s1.